The molecule has 2 bridgehead atoms. The monoisotopic (exact) mass is 310 g/mol. The second kappa shape index (κ2) is 5.61. The molecule has 116 valence electrons. The number of ether oxygens (including phenoxy) is 2. The van der Waals surface area contributed by atoms with Crippen LogP contribution in [0.25, 0.3) is 0 Å². The Hall–Kier alpha value is -1.07. The number of rotatable bonds is 4. The molecule has 0 aliphatic carbocycles. The van der Waals surface area contributed by atoms with Crippen LogP contribution >= 0.6 is 0 Å². The van der Waals surface area contributed by atoms with Gasteiger partial charge in [0.2, 0.25) is 0 Å². The lowest BCUT2D eigenvalue weighted by atomic mass is 9.86. The first kappa shape index (κ1) is 14.9. The highest BCUT2D eigenvalue weighted by molar-refractivity contribution is 7.86. The lowest BCUT2D eigenvalue weighted by Gasteiger charge is -2.36. The molecule has 2 atom stereocenters. The molecular formula is C16H22O4S. The van der Waals surface area contributed by atoms with E-state index in [2.05, 4.69) is 0 Å². The average molecular weight is 310 g/mol. The summed E-state index contributed by atoms with van der Waals surface area (Å²) in [6.45, 7) is 0. The summed E-state index contributed by atoms with van der Waals surface area (Å²) in [5.74, 6) is 1.46. The average Bonchev–Trinajstić information content (AvgIpc) is 2.70. The predicted octanol–water partition coefficient (Wildman–Crippen LogP) is 2.05. The van der Waals surface area contributed by atoms with Gasteiger partial charge in [0.1, 0.15) is 11.5 Å². The minimum Gasteiger partial charge on any atom is -0.497 e. The van der Waals surface area contributed by atoms with Crippen molar-refractivity contribution in [2.24, 2.45) is 0 Å². The van der Waals surface area contributed by atoms with E-state index in [-0.39, 0.29) is 10.5 Å². The van der Waals surface area contributed by atoms with Crippen LogP contribution in [0.4, 0.5) is 0 Å². The van der Waals surface area contributed by atoms with E-state index >= 15 is 0 Å². The van der Waals surface area contributed by atoms with Crippen LogP contribution in [0.1, 0.15) is 31.2 Å². The maximum absolute atomic E-state index is 12.1. The van der Waals surface area contributed by atoms with Gasteiger partial charge < -0.3 is 14.6 Å². The first-order valence-electron chi connectivity index (χ1n) is 7.37. The van der Waals surface area contributed by atoms with Crippen LogP contribution in [-0.4, -0.2) is 39.6 Å². The highest BCUT2D eigenvalue weighted by atomic mass is 32.2. The largest absolute Gasteiger partial charge is 0.497 e. The van der Waals surface area contributed by atoms with Crippen LogP contribution in [-0.2, 0) is 17.2 Å². The number of fused-ring (bicyclic) bond motifs is 2. The third-order valence-corrected chi connectivity index (χ3v) is 6.75. The Bertz CT molecular complexity index is 519. The molecule has 0 spiro atoms. The standard InChI is InChI=1S/C16H22O4S/c1-19-12-5-11(6-13(7-12)20-2)8-16(17)9-14-3-4-15(10-16)21(14)18/h5-7,14-15,17H,3-4,8-10H2,1-2H3. The minimum absolute atomic E-state index is 0.168. The maximum atomic E-state index is 12.1. The van der Waals surface area contributed by atoms with Crippen molar-refractivity contribution < 1.29 is 18.8 Å². The Morgan fingerprint density at radius 2 is 1.67 bits per heavy atom. The van der Waals surface area contributed by atoms with Crippen molar-refractivity contribution in [2.75, 3.05) is 14.2 Å². The van der Waals surface area contributed by atoms with Gasteiger partial charge in [0.15, 0.2) is 0 Å². The van der Waals surface area contributed by atoms with Gasteiger partial charge in [0, 0.05) is 33.8 Å². The molecule has 5 heteroatoms. The van der Waals surface area contributed by atoms with Crippen molar-refractivity contribution in [2.45, 2.75) is 48.2 Å². The molecule has 1 aromatic rings. The van der Waals surface area contributed by atoms with E-state index in [1.807, 2.05) is 18.2 Å². The summed E-state index contributed by atoms with van der Waals surface area (Å²) in [5.41, 5.74) is 0.248. The highest BCUT2D eigenvalue weighted by Gasteiger charge is 2.47. The molecule has 21 heavy (non-hydrogen) atoms. The molecule has 4 nitrogen and oxygen atoms in total. The Balaban J connectivity index is 1.81. The second-order valence-corrected chi connectivity index (χ2v) is 8.17. The van der Waals surface area contributed by atoms with E-state index in [0.717, 1.165) is 29.9 Å². The molecule has 1 N–H and O–H groups in total. The van der Waals surface area contributed by atoms with Crippen molar-refractivity contribution >= 4 is 10.8 Å². The molecule has 0 amide bonds. The number of benzene rings is 1. The van der Waals surface area contributed by atoms with Gasteiger partial charge in [0.05, 0.1) is 19.8 Å². The molecule has 2 unspecified atom stereocenters. The van der Waals surface area contributed by atoms with Crippen molar-refractivity contribution in [3.05, 3.63) is 23.8 Å². The fourth-order valence-corrected chi connectivity index (χ4v) is 5.90. The number of aliphatic hydroxyl groups is 1. The van der Waals surface area contributed by atoms with Crippen molar-refractivity contribution in [3.63, 3.8) is 0 Å². The molecule has 0 aromatic heterocycles. The fraction of sp³-hybridized carbons (Fsp3) is 0.625. The second-order valence-electron chi connectivity index (χ2n) is 6.18. The number of methoxy groups -OCH3 is 2. The molecule has 2 fully saturated rings. The SMILES string of the molecule is COc1cc(CC2(O)CC3CCC(C2)S3=O)cc(OC)c1. The summed E-state index contributed by atoms with van der Waals surface area (Å²) in [6.07, 6.45) is 3.80. The zero-order chi connectivity index (χ0) is 15.0. The molecule has 2 heterocycles. The zero-order valence-electron chi connectivity index (χ0n) is 12.5. The zero-order valence-corrected chi connectivity index (χ0v) is 13.3. The third kappa shape index (κ3) is 2.94. The van der Waals surface area contributed by atoms with E-state index in [9.17, 15) is 9.32 Å². The topological polar surface area (TPSA) is 55.8 Å². The van der Waals surface area contributed by atoms with Gasteiger partial charge in [-0.1, -0.05) is 0 Å². The van der Waals surface area contributed by atoms with Crippen LogP contribution in [0.3, 0.4) is 0 Å². The Morgan fingerprint density at radius 1 is 1.14 bits per heavy atom. The minimum atomic E-state index is -0.753. The number of hydrogen-bond donors (Lipinski definition) is 1. The fourth-order valence-electron chi connectivity index (χ4n) is 3.67. The molecule has 2 aliphatic heterocycles. The van der Waals surface area contributed by atoms with E-state index in [1.54, 1.807) is 14.2 Å². The Labute approximate surface area is 127 Å². The normalized spacial score (nSPS) is 34.7. The van der Waals surface area contributed by atoms with Crippen molar-refractivity contribution in [3.8, 4) is 11.5 Å². The molecular weight excluding hydrogens is 288 g/mol. The van der Waals surface area contributed by atoms with E-state index in [1.165, 1.54) is 0 Å². The quantitative estimate of drug-likeness (QED) is 0.925. The number of hydrogen-bond acceptors (Lipinski definition) is 4. The molecule has 2 saturated heterocycles. The highest BCUT2D eigenvalue weighted by Crippen LogP contribution is 2.42. The Morgan fingerprint density at radius 3 is 2.14 bits per heavy atom. The third-order valence-electron chi connectivity index (χ3n) is 4.63. The predicted molar refractivity (Wildman–Crippen MR) is 82.4 cm³/mol. The summed E-state index contributed by atoms with van der Waals surface area (Å²) in [4.78, 5) is 0. The molecule has 3 rings (SSSR count). The first-order chi connectivity index (χ1) is 10.0. The van der Waals surface area contributed by atoms with Gasteiger partial charge in [-0.25, -0.2) is 0 Å². The van der Waals surface area contributed by atoms with E-state index < -0.39 is 16.4 Å². The van der Waals surface area contributed by atoms with E-state index in [0.29, 0.717) is 19.3 Å². The summed E-state index contributed by atoms with van der Waals surface area (Å²) >= 11 is 0. The van der Waals surface area contributed by atoms with E-state index in [4.69, 9.17) is 9.47 Å². The lowest BCUT2D eigenvalue weighted by Crippen LogP contribution is -2.44. The maximum Gasteiger partial charge on any atom is 0.122 e. The molecule has 2 aliphatic rings. The van der Waals surface area contributed by atoms with Crippen LogP contribution in [0.5, 0.6) is 11.5 Å². The van der Waals surface area contributed by atoms with Crippen LogP contribution in [0.2, 0.25) is 0 Å². The van der Waals surface area contributed by atoms with Gasteiger partial charge in [-0.2, -0.15) is 0 Å². The van der Waals surface area contributed by atoms with Crippen molar-refractivity contribution in [1.29, 1.82) is 0 Å². The summed E-state index contributed by atoms with van der Waals surface area (Å²) in [5, 5.41) is 11.3. The van der Waals surface area contributed by atoms with Crippen LogP contribution in [0.15, 0.2) is 18.2 Å². The molecule has 0 radical (unpaired) electrons. The van der Waals surface area contributed by atoms with Crippen LogP contribution < -0.4 is 9.47 Å². The van der Waals surface area contributed by atoms with Gasteiger partial charge in [-0.3, -0.25) is 4.21 Å². The first-order valence-corrected chi connectivity index (χ1v) is 8.64. The summed E-state index contributed by atoms with van der Waals surface area (Å²) in [7, 11) is 2.50. The van der Waals surface area contributed by atoms with Crippen molar-refractivity contribution in [1.82, 2.24) is 0 Å². The Kier molecular flexibility index (Phi) is 3.97. The summed E-state index contributed by atoms with van der Waals surface area (Å²) < 4.78 is 22.7. The smallest absolute Gasteiger partial charge is 0.122 e. The van der Waals surface area contributed by atoms with Gasteiger partial charge in [0.25, 0.3) is 0 Å². The lowest BCUT2D eigenvalue weighted by molar-refractivity contribution is 0.0230. The van der Waals surface area contributed by atoms with Gasteiger partial charge >= 0.3 is 0 Å². The van der Waals surface area contributed by atoms with Crippen LogP contribution in [0, 0.1) is 0 Å². The molecule has 1 aromatic carbocycles. The summed E-state index contributed by atoms with van der Waals surface area (Å²) in [6, 6.07) is 5.70. The molecule has 0 saturated carbocycles. The van der Waals surface area contributed by atoms with Gasteiger partial charge in [-0.05, 0) is 43.4 Å². The van der Waals surface area contributed by atoms with Gasteiger partial charge in [-0.15, -0.1) is 0 Å².